The number of carbonyl (C=O) groups excluding carboxylic acids is 2. The molecule has 0 bridgehead atoms. The highest BCUT2D eigenvalue weighted by molar-refractivity contribution is 8.01. The van der Waals surface area contributed by atoms with Gasteiger partial charge in [0.25, 0.3) is 5.91 Å². The van der Waals surface area contributed by atoms with E-state index in [0.29, 0.717) is 36.0 Å². The number of thioether (sulfide) groups is 1. The first kappa shape index (κ1) is 23.1. The molecular weight excluding hydrogens is 462 g/mol. The van der Waals surface area contributed by atoms with Crippen molar-refractivity contribution >= 4 is 35.1 Å². The van der Waals surface area contributed by atoms with Gasteiger partial charge in [0, 0.05) is 29.6 Å². The van der Waals surface area contributed by atoms with Crippen LogP contribution in [0.25, 0.3) is 0 Å². The van der Waals surface area contributed by atoms with Gasteiger partial charge in [0.15, 0.2) is 4.87 Å². The number of fused-ring (bicyclic) bond motifs is 2. The third-order valence-electron chi connectivity index (χ3n) is 6.56. The van der Waals surface area contributed by atoms with Gasteiger partial charge in [-0.2, -0.15) is 0 Å². The third kappa shape index (κ3) is 3.87. The highest BCUT2D eigenvalue weighted by Crippen LogP contribution is 2.55. The predicted octanol–water partition coefficient (Wildman–Crippen LogP) is 4.99. The highest BCUT2D eigenvalue weighted by atomic mass is 32.2. The minimum absolute atomic E-state index is 0.118. The lowest BCUT2D eigenvalue weighted by atomic mass is 10.1. The van der Waals surface area contributed by atoms with E-state index in [-0.39, 0.29) is 11.9 Å². The van der Waals surface area contributed by atoms with Crippen LogP contribution >= 0.6 is 11.8 Å². The molecule has 2 heterocycles. The van der Waals surface area contributed by atoms with Gasteiger partial charge < -0.3 is 19.7 Å². The predicted molar refractivity (Wildman–Crippen MR) is 138 cm³/mol. The topological polar surface area (TPSA) is 71.1 Å². The van der Waals surface area contributed by atoms with Crippen LogP contribution in [0.2, 0.25) is 0 Å². The summed E-state index contributed by atoms with van der Waals surface area (Å²) in [7, 11) is 3.18. The molecule has 2 aliphatic heterocycles. The van der Waals surface area contributed by atoms with Crippen LogP contribution in [0.4, 0.5) is 16.2 Å². The van der Waals surface area contributed by atoms with E-state index < -0.39 is 4.87 Å². The maximum Gasteiger partial charge on any atom is 0.323 e. The van der Waals surface area contributed by atoms with Crippen LogP contribution in [-0.2, 0) is 16.2 Å². The Labute approximate surface area is 209 Å². The molecule has 35 heavy (non-hydrogen) atoms. The van der Waals surface area contributed by atoms with Crippen molar-refractivity contribution in [3.63, 3.8) is 0 Å². The average molecular weight is 490 g/mol. The zero-order valence-electron chi connectivity index (χ0n) is 19.9. The highest BCUT2D eigenvalue weighted by Gasteiger charge is 2.59. The minimum Gasteiger partial charge on any atom is -0.497 e. The number of hydrogen-bond acceptors (Lipinski definition) is 5. The van der Waals surface area contributed by atoms with Crippen LogP contribution in [-0.4, -0.2) is 43.4 Å². The first-order chi connectivity index (χ1) is 17.0. The summed E-state index contributed by atoms with van der Waals surface area (Å²) >= 11 is 1.49. The van der Waals surface area contributed by atoms with E-state index in [1.165, 1.54) is 11.8 Å². The van der Waals surface area contributed by atoms with Crippen molar-refractivity contribution in [3.8, 4) is 11.5 Å². The van der Waals surface area contributed by atoms with Gasteiger partial charge in [0.1, 0.15) is 11.5 Å². The summed E-state index contributed by atoms with van der Waals surface area (Å²) in [6, 6.07) is 20.5. The van der Waals surface area contributed by atoms with Gasteiger partial charge in [0.05, 0.1) is 26.5 Å². The number of nitrogens with zero attached hydrogens (tertiary/aromatic N) is 2. The second-order valence-electron chi connectivity index (χ2n) is 8.51. The molecule has 180 valence electrons. The van der Waals surface area contributed by atoms with Crippen molar-refractivity contribution < 1.29 is 19.1 Å². The fourth-order valence-corrected chi connectivity index (χ4v) is 6.18. The van der Waals surface area contributed by atoms with Crippen molar-refractivity contribution in [3.05, 3.63) is 83.4 Å². The van der Waals surface area contributed by atoms with E-state index in [2.05, 4.69) is 5.32 Å². The maximum absolute atomic E-state index is 14.2. The van der Waals surface area contributed by atoms with E-state index in [0.717, 1.165) is 22.4 Å². The van der Waals surface area contributed by atoms with Crippen LogP contribution < -0.4 is 19.7 Å². The summed E-state index contributed by atoms with van der Waals surface area (Å²) in [5, 5.41) is 2.96. The average Bonchev–Trinajstić information content (AvgIpc) is 3.42. The van der Waals surface area contributed by atoms with Crippen molar-refractivity contribution in [1.82, 2.24) is 4.90 Å². The molecule has 0 radical (unpaired) electrons. The molecule has 1 fully saturated rings. The number of methoxy groups -OCH3 is 2. The largest absolute Gasteiger partial charge is 0.497 e. The van der Waals surface area contributed by atoms with Gasteiger partial charge in [-0.25, -0.2) is 4.79 Å². The Bertz CT molecular complexity index is 1300. The SMILES string of the molecule is COc1cccc(NC(=O)N2CCSC23C(=O)N(Cc2ccccc2C)c2ccc(OC)cc23)c1. The van der Waals surface area contributed by atoms with E-state index in [1.54, 1.807) is 36.2 Å². The van der Waals surface area contributed by atoms with Crippen molar-refractivity contribution in [2.75, 3.05) is 36.7 Å². The molecule has 5 rings (SSSR count). The van der Waals surface area contributed by atoms with Crippen LogP contribution in [0.3, 0.4) is 0 Å². The lowest BCUT2D eigenvalue weighted by Crippen LogP contribution is -2.51. The Morgan fingerprint density at radius 2 is 1.80 bits per heavy atom. The number of amides is 3. The van der Waals surface area contributed by atoms with E-state index in [1.807, 2.05) is 61.5 Å². The number of hydrogen-bond donors (Lipinski definition) is 1. The summed E-state index contributed by atoms with van der Waals surface area (Å²) in [4.78, 5) is 30.0. The summed E-state index contributed by atoms with van der Waals surface area (Å²) in [6.07, 6.45) is 0. The summed E-state index contributed by atoms with van der Waals surface area (Å²) in [6.45, 7) is 2.92. The van der Waals surface area contributed by atoms with Gasteiger partial charge in [-0.3, -0.25) is 9.69 Å². The van der Waals surface area contributed by atoms with Crippen LogP contribution in [0, 0.1) is 6.92 Å². The fourth-order valence-electron chi connectivity index (χ4n) is 4.73. The molecule has 1 saturated heterocycles. The molecule has 1 atom stereocenters. The molecule has 3 aromatic carbocycles. The van der Waals surface area contributed by atoms with Crippen LogP contribution in [0.15, 0.2) is 66.7 Å². The lowest BCUT2D eigenvalue weighted by molar-refractivity contribution is -0.123. The standard InChI is InChI=1S/C27H27N3O4S/c1-18-7-4-5-8-19(18)17-29-24-12-11-22(34-3)16-23(24)27(25(29)31)30(13-14-35-27)26(32)28-20-9-6-10-21(15-20)33-2/h4-12,15-16H,13-14,17H2,1-3H3,(H,28,32). The molecule has 1 unspecified atom stereocenters. The Morgan fingerprint density at radius 3 is 2.57 bits per heavy atom. The number of benzene rings is 3. The Hall–Kier alpha value is -3.65. The monoisotopic (exact) mass is 489 g/mol. The smallest absolute Gasteiger partial charge is 0.323 e. The first-order valence-corrected chi connectivity index (χ1v) is 12.4. The molecule has 0 aliphatic carbocycles. The molecule has 0 saturated carbocycles. The van der Waals surface area contributed by atoms with E-state index >= 15 is 0 Å². The number of nitrogens with one attached hydrogen (secondary N) is 1. The van der Waals surface area contributed by atoms with Gasteiger partial charge in [-0.05, 0) is 48.4 Å². The molecule has 3 aromatic rings. The molecule has 7 nitrogen and oxygen atoms in total. The molecule has 8 heteroatoms. The quantitative estimate of drug-likeness (QED) is 0.547. The Morgan fingerprint density at radius 1 is 1.03 bits per heavy atom. The number of aryl methyl sites for hydroxylation is 1. The van der Waals surface area contributed by atoms with E-state index in [9.17, 15) is 9.59 Å². The fraction of sp³-hybridized carbons (Fsp3) is 0.259. The lowest BCUT2D eigenvalue weighted by Gasteiger charge is -2.33. The normalized spacial score (nSPS) is 18.7. The van der Waals surface area contributed by atoms with Gasteiger partial charge in [-0.15, -0.1) is 11.8 Å². The van der Waals surface area contributed by atoms with Gasteiger partial charge in [-0.1, -0.05) is 30.3 Å². The zero-order chi connectivity index (χ0) is 24.6. The summed E-state index contributed by atoms with van der Waals surface area (Å²) in [5.74, 6) is 1.82. The van der Waals surface area contributed by atoms with E-state index in [4.69, 9.17) is 9.47 Å². The van der Waals surface area contributed by atoms with Gasteiger partial charge >= 0.3 is 6.03 Å². The van der Waals surface area contributed by atoms with Crippen molar-refractivity contribution in [2.24, 2.45) is 0 Å². The number of urea groups is 1. The number of ether oxygens (including phenoxy) is 2. The Kier molecular flexibility index (Phi) is 6.06. The Balaban J connectivity index is 1.54. The molecule has 3 amide bonds. The molecular formula is C27H27N3O4S. The maximum atomic E-state index is 14.2. The van der Waals surface area contributed by atoms with Crippen molar-refractivity contribution in [1.29, 1.82) is 0 Å². The molecule has 2 aliphatic rings. The summed E-state index contributed by atoms with van der Waals surface area (Å²) < 4.78 is 10.8. The molecule has 1 spiro atoms. The molecule has 0 aromatic heterocycles. The van der Waals surface area contributed by atoms with Crippen LogP contribution in [0.1, 0.15) is 16.7 Å². The number of anilines is 2. The van der Waals surface area contributed by atoms with Crippen LogP contribution in [0.5, 0.6) is 11.5 Å². The first-order valence-electron chi connectivity index (χ1n) is 11.4. The van der Waals surface area contributed by atoms with Gasteiger partial charge in [0.2, 0.25) is 0 Å². The second-order valence-corrected chi connectivity index (χ2v) is 9.79. The summed E-state index contributed by atoms with van der Waals surface area (Å²) in [5.41, 5.74) is 4.36. The third-order valence-corrected chi connectivity index (χ3v) is 7.98. The molecule has 1 N–H and O–H groups in total. The van der Waals surface area contributed by atoms with Crippen molar-refractivity contribution in [2.45, 2.75) is 18.3 Å². The minimum atomic E-state index is -1.16. The second kappa shape index (κ2) is 9.19. The number of rotatable bonds is 5. The number of carbonyl (C=O) groups is 2. The zero-order valence-corrected chi connectivity index (χ0v) is 20.7.